The Morgan fingerprint density at radius 1 is 1.21 bits per heavy atom. The Balaban J connectivity index is 1.94. The van der Waals surface area contributed by atoms with Gasteiger partial charge in [0.15, 0.2) is 0 Å². The Labute approximate surface area is 138 Å². The van der Waals surface area contributed by atoms with E-state index in [9.17, 15) is 12.8 Å². The zero-order valence-corrected chi connectivity index (χ0v) is 14.2. The van der Waals surface area contributed by atoms with Gasteiger partial charge in [0.25, 0.3) is 10.0 Å². The predicted molar refractivity (Wildman–Crippen MR) is 87.0 cm³/mol. The quantitative estimate of drug-likeness (QED) is 0.782. The van der Waals surface area contributed by atoms with E-state index in [0.717, 1.165) is 11.6 Å². The van der Waals surface area contributed by atoms with Gasteiger partial charge in [-0.15, -0.1) is 0 Å². The summed E-state index contributed by atoms with van der Waals surface area (Å²) in [4.78, 5) is -0.175. The van der Waals surface area contributed by atoms with Crippen LogP contribution in [-0.4, -0.2) is 28.0 Å². The third kappa shape index (κ3) is 3.02. The van der Waals surface area contributed by atoms with Crippen LogP contribution in [0, 0.1) is 19.7 Å². The minimum absolute atomic E-state index is 0.175. The summed E-state index contributed by atoms with van der Waals surface area (Å²) in [6, 6.07) is 5.28. The summed E-state index contributed by atoms with van der Waals surface area (Å²) < 4.78 is 44.3. The van der Waals surface area contributed by atoms with E-state index in [1.165, 1.54) is 21.5 Å². The number of benzene rings is 1. The van der Waals surface area contributed by atoms with Gasteiger partial charge in [0, 0.05) is 19.3 Å². The van der Waals surface area contributed by atoms with E-state index in [4.69, 9.17) is 0 Å². The van der Waals surface area contributed by atoms with Crippen LogP contribution in [0.3, 0.4) is 0 Å². The van der Waals surface area contributed by atoms with E-state index in [1.54, 1.807) is 32.4 Å². The Hall–Kier alpha value is -2.68. The van der Waals surface area contributed by atoms with Crippen molar-refractivity contribution in [1.29, 1.82) is 0 Å². The first kappa shape index (κ1) is 16.2. The SMILES string of the molecule is Cc1cnn(-c2ccc(S(=O)(=O)Nc3cc(C)nn3C)cc2F)c1. The fraction of sp³-hybridized carbons (Fsp3) is 0.200. The van der Waals surface area contributed by atoms with E-state index in [0.29, 0.717) is 11.5 Å². The van der Waals surface area contributed by atoms with Crippen molar-refractivity contribution in [1.82, 2.24) is 19.6 Å². The summed E-state index contributed by atoms with van der Waals surface area (Å²) in [6.45, 7) is 3.58. The first-order valence-electron chi connectivity index (χ1n) is 7.11. The number of sulfonamides is 1. The molecule has 0 unspecified atom stereocenters. The highest BCUT2D eigenvalue weighted by molar-refractivity contribution is 7.92. The molecular formula is C15H16FN5O2S. The summed E-state index contributed by atoms with van der Waals surface area (Å²) in [5, 5.41) is 8.09. The van der Waals surface area contributed by atoms with E-state index < -0.39 is 15.8 Å². The summed E-state index contributed by atoms with van der Waals surface area (Å²) in [5.74, 6) is -0.373. The van der Waals surface area contributed by atoms with Crippen molar-refractivity contribution >= 4 is 15.8 Å². The van der Waals surface area contributed by atoms with E-state index in [-0.39, 0.29) is 10.6 Å². The number of nitrogens with one attached hydrogen (secondary N) is 1. The molecule has 0 aliphatic carbocycles. The third-order valence-corrected chi connectivity index (χ3v) is 4.78. The minimum atomic E-state index is -3.92. The highest BCUT2D eigenvalue weighted by Crippen LogP contribution is 2.21. The van der Waals surface area contributed by atoms with Crippen LogP contribution in [0.5, 0.6) is 0 Å². The molecule has 1 N–H and O–H groups in total. The molecule has 0 saturated carbocycles. The fourth-order valence-corrected chi connectivity index (χ4v) is 3.38. The van der Waals surface area contributed by atoms with Crippen molar-refractivity contribution in [2.75, 3.05) is 4.72 Å². The van der Waals surface area contributed by atoms with Crippen molar-refractivity contribution in [3.8, 4) is 5.69 Å². The van der Waals surface area contributed by atoms with Crippen LogP contribution < -0.4 is 4.72 Å². The van der Waals surface area contributed by atoms with Gasteiger partial charge in [-0.2, -0.15) is 10.2 Å². The van der Waals surface area contributed by atoms with Gasteiger partial charge in [-0.05, 0) is 37.6 Å². The number of hydrogen-bond donors (Lipinski definition) is 1. The van der Waals surface area contributed by atoms with E-state index in [1.807, 2.05) is 6.92 Å². The van der Waals surface area contributed by atoms with Gasteiger partial charge in [-0.1, -0.05) is 0 Å². The maximum atomic E-state index is 14.3. The number of anilines is 1. The van der Waals surface area contributed by atoms with Crippen molar-refractivity contribution < 1.29 is 12.8 Å². The van der Waals surface area contributed by atoms with Crippen molar-refractivity contribution in [3.05, 3.63) is 53.7 Å². The molecule has 2 heterocycles. The lowest BCUT2D eigenvalue weighted by molar-refractivity contribution is 0.590. The first-order chi connectivity index (χ1) is 11.3. The van der Waals surface area contributed by atoms with Crippen molar-refractivity contribution in [2.24, 2.45) is 7.05 Å². The van der Waals surface area contributed by atoms with Gasteiger partial charge in [0.05, 0.1) is 16.8 Å². The Kier molecular flexibility index (Phi) is 3.88. The topological polar surface area (TPSA) is 81.8 Å². The highest BCUT2D eigenvalue weighted by Gasteiger charge is 2.19. The van der Waals surface area contributed by atoms with Crippen molar-refractivity contribution in [3.63, 3.8) is 0 Å². The highest BCUT2D eigenvalue weighted by atomic mass is 32.2. The van der Waals surface area contributed by atoms with Crippen LogP contribution in [0.2, 0.25) is 0 Å². The number of aryl methyl sites for hydroxylation is 3. The smallest absolute Gasteiger partial charge is 0.263 e. The molecule has 0 bridgehead atoms. The number of halogens is 1. The number of rotatable bonds is 4. The second-order valence-corrected chi connectivity index (χ2v) is 7.16. The zero-order chi connectivity index (χ0) is 17.5. The normalized spacial score (nSPS) is 11.7. The Bertz CT molecular complexity index is 1010. The largest absolute Gasteiger partial charge is 0.264 e. The van der Waals surface area contributed by atoms with E-state index >= 15 is 0 Å². The fourth-order valence-electron chi connectivity index (χ4n) is 2.29. The van der Waals surface area contributed by atoms with Gasteiger partial charge in [0.1, 0.15) is 17.3 Å². The van der Waals surface area contributed by atoms with Crippen LogP contribution in [0.25, 0.3) is 5.69 Å². The minimum Gasteiger partial charge on any atom is -0.264 e. The van der Waals surface area contributed by atoms with Gasteiger partial charge < -0.3 is 0 Å². The molecule has 2 aromatic heterocycles. The standard InChI is InChI=1S/C15H16FN5O2S/c1-10-8-17-21(9-10)14-5-4-12(7-13(14)16)24(22,23)19-15-6-11(2)18-20(15)3/h4-9,19H,1-3H3. The Morgan fingerprint density at radius 2 is 1.96 bits per heavy atom. The summed E-state index contributed by atoms with van der Waals surface area (Å²) in [6.07, 6.45) is 3.25. The summed E-state index contributed by atoms with van der Waals surface area (Å²) in [7, 11) is -2.30. The van der Waals surface area contributed by atoms with Crippen LogP contribution in [0.1, 0.15) is 11.3 Å². The molecule has 3 rings (SSSR count). The van der Waals surface area contributed by atoms with Gasteiger partial charge in [-0.3, -0.25) is 9.40 Å². The monoisotopic (exact) mass is 349 g/mol. The van der Waals surface area contributed by atoms with E-state index in [2.05, 4.69) is 14.9 Å². The Morgan fingerprint density at radius 3 is 2.50 bits per heavy atom. The van der Waals surface area contributed by atoms with Crippen molar-refractivity contribution in [2.45, 2.75) is 18.7 Å². The molecule has 0 fully saturated rings. The predicted octanol–water partition coefficient (Wildman–Crippen LogP) is 2.16. The average Bonchev–Trinajstić information content (AvgIpc) is 3.04. The van der Waals surface area contributed by atoms with Crippen LogP contribution in [0.4, 0.5) is 10.2 Å². The summed E-state index contributed by atoms with van der Waals surface area (Å²) in [5.41, 5.74) is 1.73. The van der Waals surface area contributed by atoms with Gasteiger partial charge in [-0.25, -0.2) is 17.5 Å². The number of hydrogen-bond acceptors (Lipinski definition) is 4. The molecule has 0 spiro atoms. The second-order valence-electron chi connectivity index (χ2n) is 5.48. The molecule has 0 amide bonds. The molecule has 0 atom stereocenters. The van der Waals surface area contributed by atoms with Crippen LogP contribution >= 0.6 is 0 Å². The molecule has 7 nitrogen and oxygen atoms in total. The number of aromatic nitrogens is 4. The molecule has 3 aromatic rings. The maximum Gasteiger partial charge on any atom is 0.263 e. The molecule has 126 valence electrons. The third-order valence-electron chi connectivity index (χ3n) is 3.43. The lowest BCUT2D eigenvalue weighted by atomic mass is 10.3. The molecule has 0 radical (unpaired) electrons. The number of nitrogens with zero attached hydrogens (tertiary/aromatic N) is 4. The molecule has 0 aliphatic rings. The molecule has 0 saturated heterocycles. The molecular weight excluding hydrogens is 333 g/mol. The molecule has 24 heavy (non-hydrogen) atoms. The summed E-state index contributed by atoms with van der Waals surface area (Å²) >= 11 is 0. The maximum absolute atomic E-state index is 14.3. The van der Waals surface area contributed by atoms with Gasteiger partial charge >= 0.3 is 0 Å². The molecule has 9 heteroatoms. The second kappa shape index (κ2) is 5.75. The lowest BCUT2D eigenvalue weighted by Crippen LogP contribution is -2.16. The average molecular weight is 349 g/mol. The lowest BCUT2D eigenvalue weighted by Gasteiger charge is -2.09. The molecule has 1 aromatic carbocycles. The van der Waals surface area contributed by atoms with Crippen LogP contribution in [-0.2, 0) is 17.1 Å². The first-order valence-corrected chi connectivity index (χ1v) is 8.59. The van der Waals surface area contributed by atoms with Crippen LogP contribution in [0.15, 0.2) is 41.6 Å². The zero-order valence-electron chi connectivity index (χ0n) is 13.4. The molecule has 0 aliphatic heterocycles. The van der Waals surface area contributed by atoms with Gasteiger partial charge in [0.2, 0.25) is 0 Å².